The fourth-order valence-electron chi connectivity index (χ4n) is 3.77. The van der Waals surface area contributed by atoms with Gasteiger partial charge in [0.2, 0.25) is 5.91 Å². The largest absolute Gasteiger partial charge is 0.386 e. The lowest BCUT2D eigenvalue weighted by atomic mass is 10.0. The number of anilines is 1. The van der Waals surface area contributed by atoms with Crippen molar-refractivity contribution in [2.24, 2.45) is 5.73 Å². The highest BCUT2D eigenvalue weighted by Crippen LogP contribution is 2.32. The molecule has 2 aromatic rings. The second kappa shape index (κ2) is 8.19. The quantitative estimate of drug-likeness (QED) is 0.716. The number of pyridine rings is 2. The number of hydrogen-bond acceptors (Lipinski definition) is 6. The molecule has 1 aliphatic rings. The van der Waals surface area contributed by atoms with Gasteiger partial charge >= 0.3 is 0 Å². The first-order valence-electron chi connectivity index (χ1n) is 9.54. The third kappa shape index (κ3) is 4.54. The molecule has 27 heavy (non-hydrogen) atoms. The van der Waals surface area contributed by atoms with Crippen LogP contribution >= 0.6 is 0 Å². The third-order valence-corrected chi connectivity index (χ3v) is 5.19. The van der Waals surface area contributed by atoms with Gasteiger partial charge in [-0.05, 0) is 44.9 Å². The van der Waals surface area contributed by atoms with E-state index in [1.165, 1.54) is 0 Å². The molecule has 1 saturated heterocycles. The topological polar surface area (TPSA) is 95.6 Å². The van der Waals surface area contributed by atoms with Crippen LogP contribution in [0.2, 0.25) is 0 Å². The minimum absolute atomic E-state index is 0.0599. The molecule has 1 fully saturated rings. The molecule has 1 amide bonds. The van der Waals surface area contributed by atoms with Gasteiger partial charge in [-0.1, -0.05) is 0 Å². The van der Waals surface area contributed by atoms with Gasteiger partial charge in [-0.25, -0.2) is 0 Å². The summed E-state index contributed by atoms with van der Waals surface area (Å²) in [6, 6.07) is 3.94. The van der Waals surface area contributed by atoms with Crippen molar-refractivity contribution in [2.45, 2.75) is 38.2 Å². The van der Waals surface area contributed by atoms with Crippen LogP contribution in [0.15, 0.2) is 24.5 Å². The summed E-state index contributed by atoms with van der Waals surface area (Å²) in [6.45, 7) is 4.13. The van der Waals surface area contributed by atoms with Gasteiger partial charge in [-0.3, -0.25) is 14.8 Å². The molecule has 2 aromatic heterocycles. The van der Waals surface area contributed by atoms with Gasteiger partial charge in [0.1, 0.15) is 5.60 Å². The minimum atomic E-state index is -0.913. The Kier molecular flexibility index (Phi) is 5.92. The van der Waals surface area contributed by atoms with E-state index in [9.17, 15) is 9.90 Å². The molecule has 0 radical (unpaired) electrons. The fourth-order valence-corrected chi connectivity index (χ4v) is 3.77. The molecular formula is C20H29N5O2. The summed E-state index contributed by atoms with van der Waals surface area (Å²) in [4.78, 5) is 24.9. The van der Waals surface area contributed by atoms with E-state index in [0.717, 1.165) is 41.7 Å². The summed E-state index contributed by atoms with van der Waals surface area (Å²) >= 11 is 0. The van der Waals surface area contributed by atoms with Crippen molar-refractivity contribution >= 4 is 22.5 Å². The Balaban J connectivity index is 1.70. The van der Waals surface area contributed by atoms with E-state index in [4.69, 9.17) is 5.73 Å². The lowest BCUT2D eigenvalue weighted by Gasteiger charge is -2.29. The number of nitrogens with two attached hydrogens (primary N) is 1. The maximum Gasteiger partial charge on any atom is 0.222 e. The van der Waals surface area contributed by atoms with E-state index in [1.807, 2.05) is 25.3 Å². The zero-order valence-corrected chi connectivity index (χ0v) is 16.2. The molecule has 3 rings (SSSR count). The number of fused-ring (bicyclic) bond motifs is 1. The molecule has 146 valence electrons. The molecule has 1 atom stereocenters. The van der Waals surface area contributed by atoms with Crippen LogP contribution in [-0.4, -0.2) is 64.7 Å². The van der Waals surface area contributed by atoms with E-state index in [-0.39, 0.29) is 5.91 Å². The second-order valence-corrected chi connectivity index (χ2v) is 7.57. The summed E-state index contributed by atoms with van der Waals surface area (Å²) in [5, 5.41) is 12.1. The zero-order chi connectivity index (χ0) is 19.4. The lowest BCUT2D eigenvalue weighted by Crippen LogP contribution is -2.45. The van der Waals surface area contributed by atoms with Gasteiger partial charge in [0.15, 0.2) is 0 Å². The van der Waals surface area contributed by atoms with Gasteiger partial charge in [-0.2, -0.15) is 0 Å². The van der Waals surface area contributed by atoms with Crippen LogP contribution in [0.5, 0.6) is 0 Å². The highest BCUT2D eigenvalue weighted by atomic mass is 16.3. The Hall–Kier alpha value is -2.25. The number of amides is 1. The van der Waals surface area contributed by atoms with Crippen LogP contribution in [-0.2, 0) is 4.79 Å². The predicted molar refractivity (Wildman–Crippen MR) is 107 cm³/mol. The highest BCUT2D eigenvalue weighted by Gasteiger charge is 2.38. The first kappa shape index (κ1) is 19.5. The molecule has 3 N–H and O–H groups in total. The van der Waals surface area contributed by atoms with E-state index in [2.05, 4.69) is 14.9 Å². The number of aromatic nitrogens is 2. The Labute approximate surface area is 160 Å². The fraction of sp³-hybridized carbons (Fsp3) is 0.550. The van der Waals surface area contributed by atoms with Gasteiger partial charge in [0.25, 0.3) is 0 Å². The third-order valence-electron chi connectivity index (χ3n) is 5.19. The monoisotopic (exact) mass is 371 g/mol. The van der Waals surface area contributed by atoms with Crippen molar-refractivity contribution in [2.75, 3.05) is 38.1 Å². The van der Waals surface area contributed by atoms with Crippen LogP contribution in [0.25, 0.3) is 10.9 Å². The number of likely N-dealkylation sites (N-methyl/N-ethyl adjacent to an activating group) is 1. The molecule has 0 aromatic carbocycles. The van der Waals surface area contributed by atoms with E-state index in [1.54, 1.807) is 18.1 Å². The standard InChI is InChI=1S/C20H29N5O2/c1-15-11-18(16-12-22-9-6-17(16)23-15)25-10-7-20(27,14-25)13-24(2)19(26)5-3-4-8-21/h6,9,11-12,27H,3-5,7-8,10,13-14,21H2,1-2H3. The Morgan fingerprint density at radius 3 is 3.04 bits per heavy atom. The number of carbonyl (C=O) groups excluding carboxylic acids is 1. The summed E-state index contributed by atoms with van der Waals surface area (Å²) in [5.74, 6) is 0.0599. The first-order chi connectivity index (χ1) is 12.9. The lowest BCUT2D eigenvalue weighted by molar-refractivity contribution is -0.132. The average Bonchev–Trinajstić information content (AvgIpc) is 3.02. The highest BCUT2D eigenvalue weighted by molar-refractivity contribution is 5.91. The molecule has 0 aliphatic carbocycles. The number of unbranched alkanes of at least 4 members (excludes halogenated alkanes) is 1. The molecule has 3 heterocycles. The van der Waals surface area contributed by atoms with Crippen molar-refractivity contribution in [3.05, 3.63) is 30.2 Å². The van der Waals surface area contributed by atoms with Crippen LogP contribution < -0.4 is 10.6 Å². The number of carbonyl (C=O) groups is 1. The van der Waals surface area contributed by atoms with Crippen molar-refractivity contribution in [3.8, 4) is 0 Å². The van der Waals surface area contributed by atoms with Crippen LogP contribution in [0.4, 0.5) is 5.69 Å². The zero-order valence-electron chi connectivity index (χ0n) is 16.2. The number of rotatable bonds is 7. The van der Waals surface area contributed by atoms with Crippen LogP contribution in [0.1, 0.15) is 31.4 Å². The maximum atomic E-state index is 12.3. The maximum absolute atomic E-state index is 12.3. The SMILES string of the molecule is Cc1cc(N2CCC(O)(CN(C)C(=O)CCCCN)C2)c2cnccc2n1. The first-order valence-corrected chi connectivity index (χ1v) is 9.54. The molecule has 1 aliphatic heterocycles. The van der Waals surface area contributed by atoms with Gasteiger partial charge in [-0.15, -0.1) is 0 Å². The van der Waals surface area contributed by atoms with E-state index >= 15 is 0 Å². The molecule has 0 spiro atoms. The summed E-state index contributed by atoms with van der Waals surface area (Å²) in [6.07, 6.45) is 6.30. The molecule has 7 nitrogen and oxygen atoms in total. The second-order valence-electron chi connectivity index (χ2n) is 7.57. The molecule has 0 saturated carbocycles. The summed E-state index contributed by atoms with van der Waals surface area (Å²) in [5.41, 5.74) is 7.45. The normalized spacial score (nSPS) is 19.6. The summed E-state index contributed by atoms with van der Waals surface area (Å²) in [7, 11) is 1.77. The average molecular weight is 371 g/mol. The van der Waals surface area contributed by atoms with Gasteiger partial charge in [0.05, 0.1) is 12.1 Å². The van der Waals surface area contributed by atoms with Gasteiger partial charge < -0.3 is 20.6 Å². The van der Waals surface area contributed by atoms with Crippen molar-refractivity contribution in [1.82, 2.24) is 14.9 Å². The van der Waals surface area contributed by atoms with E-state index < -0.39 is 5.60 Å². The predicted octanol–water partition coefficient (Wildman–Crippen LogP) is 1.47. The smallest absolute Gasteiger partial charge is 0.222 e. The van der Waals surface area contributed by atoms with Crippen LogP contribution in [0.3, 0.4) is 0 Å². The Morgan fingerprint density at radius 1 is 1.44 bits per heavy atom. The van der Waals surface area contributed by atoms with Crippen LogP contribution in [0, 0.1) is 6.92 Å². The summed E-state index contributed by atoms with van der Waals surface area (Å²) < 4.78 is 0. The van der Waals surface area contributed by atoms with Gasteiger partial charge in [0, 0.05) is 55.7 Å². The molecule has 7 heteroatoms. The number of aryl methyl sites for hydroxylation is 1. The van der Waals surface area contributed by atoms with Crippen molar-refractivity contribution in [3.63, 3.8) is 0 Å². The molecule has 0 bridgehead atoms. The van der Waals surface area contributed by atoms with Crippen molar-refractivity contribution in [1.29, 1.82) is 0 Å². The number of aliphatic hydroxyl groups is 1. The molecular weight excluding hydrogens is 342 g/mol. The Morgan fingerprint density at radius 2 is 2.26 bits per heavy atom. The van der Waals surface area contributed by atoms with Crippen molar-refractivity contribution < 1.29 is 9.90 Å². The number of β-amino-alcohol motifs (C(OH)–C–C–N with tert-alkyl or cyclic N) is 1. The Bertz CT molecular complexity index is 812. The number of nitrogens with zero attached hydrogens (tertiary/aromatic N) is 4. The molecule has 1 unspecified atom stereocenters. The van der Waals surface area contributed by atoms with E-state index in [0.29, 0.717) is 32.5 Å². The number of hydrogen-bond donors (Lipinski definition) is 2. The minimum Gasteiger partial charge on any atom is -0.386 e.